The van der Waals surface area contributed by atoms with E-state index in [1.54, 1.807) is 30.3 Å². The van der Waals surface area contributed by atoms with Gasteiger partial charge in [0.25, 0.3) is 0 Å². The second-order valence-electron chi connectivity index (χ2n) is 6.51. The van der Waals surface area contributed by atoms with Crippen LogP contribution in [0, 0.1) is 5.41 Å². The molecule has 0 fully saturated rings. The molecule has 0 amide bonds. The summed E-state index contributed by atoms with van der Waals surface area (Å²) in [6, 6.07) is 8.31. The predicted molar refractivity (Wildman–Crippen MR) is 110 cm³/mol. The maximum atomic E-state index is 12.2. The van der Waals surface area contributed by atoms with E-state index in [-0.39, 0.29) is 23.5 Å². The molecule has 0 bridgehead atoms. The second-order valence-corrected chi connectivity index (χ2v) is 8.28. The van der Waals surface area contributed by atoms with E-state index < -0.39 is 10.0 Å². The molecule has 27 heavy (non-hydrogen) atoms. The van der Waals surface area contributed by atoms with Crippen molar-refractivity contribution in [3.8, 4) is 0 Å². The minimum Gasteiger partial charge on any atom is -0.396 e. The number of aliphatic imine (C=N–C) groups is 1. The molecule has 0 spiro atoms. The van der Waals surface area contributed by atoms with Gasteiger partial charge in [0.15, 0.2) is 5.96 Å². The van der Waals surface area contributed by atoms with Gasteiger partial charge in [-0.2, -0.15) is 0 Å². The number of benzene rings is 1. The molecule has 1 rings (SSSR count). The third-order valence-electron chi connectivity index (χ3n) is 4.82. The van der Waals surface area contributed by atoms with Crippen LogP contribution >= 0.6 is 0 Å². The minimum absolute atomic E-state index is 0.00794. The summed E-state index contributed by atoms with van der Waals surface area (Å²) in [5, 5.41) is 15.7. The van der Waals surface area contributed by atoms with Gasteiger partial charge >= 0.3 is 0 Å². The number of hydrogen-bond donors (Lipinski definition) is 4. The molecule has 0 saturated carbocycles. The molecule has 0 radical (unpaired) electrons. The third kappa shape index (κ3) is 7.86. The zero-order chi connectivity index (χ0) is 20.2. The topological polar surface area (TPSA) is 103 Å². The van der Waals surface area contributed by atoms with Gasteiger partial charge in [0.2, 0.25) is 10.0 Å². The van der Waals surface area contributed by atoms with Crippen LogP contribution in [0.15, 0.2) is 40.2 Å². The predicted octanol–water partition coefficient (Wildman–Crippen LogP) is 1.71. The molecule has 0 heterocycles. The molecule has 0 atom stereocenters. The Hall–Kier alpha value is -1.64. The fourth-order valence-electron chi connectivity index (χ4n) is 2.78. The lowest BCUT2D eigenvalue weighted by Gasteiger charge is -2.29. The first-order chi connectivity index (χ1) is 12.9. The Morgan fingerprint density at radius 3 is 2.30 bits per heavy atom. The Labute approximate surface area is 163 Å². The number of guanidine groups is 1. The van der Waals surface area contributed by atoms with Crippen LogP contribution in [-0.2, 0) is 10.0 Å². The van der Waals surface area contributed by atoms with Crippen molar-refractivity contribution < 1.29 is 13.5 Å². The first-order valence-corrected chi connectivity index (χ1v) is 11.1. The van der Waals surface area contributed by atoms with E-state index in [1.807, 2.05) is 6.92 Å². The largest absolute Gasteiger partial charge is 0.396 e. The van der Waals surface area contributed by atoms with Gasteiger partial charge in [0, 0.05) is 32.8 Å². The van der Waals surface area contributed by atoms with Gasteiger partial charge in [-0.05, 0) is 43.7 Å². The summed E-state index contributed by atoms with van der Waals surface area (Å²) in [6.45, 7) is 8.38. The Bertz CT molecular complexity index is 659. The van der Waals surface area contributed by atoms with Gasteiger partial charge < -0.3 is 15.7 Å². The average Bonchev–Trinajstić information content (AvgIpc) is 2.69. The van der Waals surface area contributed by atoms with E-state index in [4.69, 9.17) is 0 Å². The molecule has 0 saturated heterocycles. The number of hydrogen-bond acceptors (Lipinski definition) is 4. The van der Waals surface area contributed by atoms with Gasteiger partial charge in [-0.3, -0.25) is 4.99 Å². The Balaban J connectivity index is 2.60. The molecule has 1 aromatic carbocycles. The summed E-state index contributed by atoms with van der Waals surface area (Å²) >= 11 is 0. The van der Waals surface area contributed by atoms with Crippen LogP contribution in [0.25, 0.3) is 0 Å². The van der Waals surface area contributed by atoms with Crippen molar-refractivity contribution in [1.29, 1.82) is 0 Å². The van der Waals surface area contributed by atoms with Gasteiger partial charge in [0.1, 0.15) is 0 Å². The number of rotatable bonds is 12. The van der Waals surface area contributed by atoms with Gasteiger partial charge in [-0.25, -0.2) is 13.1 Å². The molecule has 7 nitrogen and oxygen atoms in total. The lowest BCUT2D eigenvalue weighted by atomic mass is 9.79. The van der Waals surface area contributed by atoms with Crippen molar-refractivity contribution in [2.75, 3.05) is 32.8 Å². The monoisotopic (exact) mass is 398 g/mol. The first kappa shape index (κ1) is 23.4. The lowest BCUT2D eigenvalue weighted by Crippen LogP contribution is -2.42. The normalized spacial score (nSPS) is 12.8. The molecule has 8 heteroatoms. The SMILES string of the molecule is CCNC(=NCC(CC)(CC)CCO)NCCNS(=O)(=O)c1ccccc1. The highest BCUT2D eigenvalue weighted by Crippen LogP contribution is 2.30. The van der Waals surface area contributed by atoms with Crippen LogP contribution in [-0.4, -0.2) is 52.3 Å². The van der Waals surface area contributed by atoms with Gasteiger partial charge in [-0.15, -0.1) is 0 Å². The van der Waals surface area contributed by atoms with Crippen LogP contribution in [0.5, 0.6) is 0 Å². The summed E-state index contributed by atoms with van der Waals surface area (Å²) in [7, 11) is -3.50. The highest BCUT2D eigenvalue weighted by atomic mass is 32.2. The van der Waals surface area contributed by atoms with E-state index >= 15 is 0 Å². The molecule has 1 aromatic rings. The zero-order valence-corrected chi connectivity index (χ0v) is 17.5. The number of aliphatic hydroxyl groups excluding tert-OH is 1. The fourth-order valence-corrected chi connectivity index (χ4v) is 3.83. The summed E-state index contributed by atoms with van der Waals surface area (Å²) in [6.07, 6.45) is 2.62. The fraction of sp³-hybridized carbons (Fsp3) is 0.632. The van der Waals surface area contributed by atoms with Crippen molar-refractivity contribution in [3.05, 3.63) is 30.3 Å². The molecule has 4 N–H and O–H groups in total. The summed E-state index contributed by atoms with van der Waals surface area (Å²) in [4.78, 5) is 4.90. The van der Waals surface area contributed by atoms with Crippen molar-refractivity contribution in [1.82, 2.24) is 15.4 Å². The van der Waals surface area contributed by atoms with E-state index in [2.05, 4.69) is 34.2 Å². The summed E-state index contributed by atoms with van der Waals surface area (Å²) in [5.74, 6) is 0.653. The van der Waals surface area contributed by atoms with Crippen LogP contribution < -0.4 is 15.4 Å². The molecule has 0 aliphatic heterocycles. The van der Waals surface area contributed by atoms with E-state index in [1.165, 1.54) is 0 Å². The molecular weight excluding hydrogens is 364 g/mol. The molecule has 0 unspecified atom stereocenters. The Morgan fingerprint density at radius 2 is 1.74 bits per heavy atom. The summed E-state index contributed by atoms with van der Waals surface area (Å²) < 4.78 is 27.0. The van der Waals surface area contributed by atoms with Crippen LogP contribution in [0.4, 0.5) is 0 Å². The molecule has 0 aliphatic rings. The van der Waals surface area contributed by atoms with Crippen molar-refractivity contribution >= 4 is 16.0 Å². The molecular formula is C19H34N4O3S. The number of aliphatic hydroxyl groups is 1. The van der Waals surface area contributed by atoms with E-state index in [9.17, 15) is 13.5 Å². The van der Waals surface area contributed by atoms with E-state index in [0.717, 1.165) is 19.3 Å². The van der Waals surface area contributed by atoms with Crippen molar-refractivity contribution in [2.24, 2.45) is 10.4 Å². The standard InChI is InChI=1S/C19H34N4O3S/c1-4-19(5-2,12-15-24)16-22-18(20-6-3)21-13-14-23-27(25,26)17-10-8-7-9-11-17/h7-11,23-24H,4-6,12-16H2,1-3H3,(H2,20,21,22). The average molecular weight is 399 g/mol. The maximum absolute atomic E-state index is 12.2. The second kappa shape index (κ2) is 11.9. The molecule has 0 aliphatic carbocycles. The van der Waals surface area contributed by atoms with Crippen LogP contribution in [0.1, 0.15) is 40.0 Å². The molecule has 154 valence electrons. The van der Waals surface area contributed by atoms with Crippen molar-refractivity contribution in [2.45, 2.75) is 44.9 Å². The maximum Gasteiger partial charge on any atom is 0.240 e. The Kier molecular flexibility index (Phi) is 10.4. The number of nitrogens with one attached hydrogen (secondary N) is 3. The van der Waals surface area contributed by atoms with Gasteiger partial charge in [-0.1, -0.05) is 32.0 Å². The molecule has 0 aromatic heterocycles. The number of sulfonamides is 1. The smallest absolute Gasteiger partial charge is 0.240 e. The third-order valence-corrected chi connectivity index (χ3v) is 6.30. The number of nitrogens with zero attached hydrogens (tertiary/aromatic N) is 1. The highest BCUT2D eigenvalue weighted by Gasteiger charge is 2.25. The highest BCUT2D eigenvalue weighted by molar-refractivity contribution is 7.89. The van der Waals surface area contributed by atoms with E-state index in [0.29, 0.717) is 25.6 Å². The van der Waals surface area contributed by atoms with Crippen LogP contribution in [0.3, 0.4) is 0 Å². The minimum atomic E-state index is -3.50. The zero-order valence-electron chi connectivity index (χ0n) is 16.7. The first-order valence-electron chi connectivity index (χ1n) is 9.60. The summed E-state index contributed by atoms with van der Waals surface area (Å²) in [5.41, 5.74) is -0.00794. The van der Waals surface area contributed by atoms with Gasteiger partial charge in [0.05, 0.1) is 4.90 Å². The quantitative estimate of drug-likeness (QED) is 0.244. The Morgan fingerprint density at radius 1 is 1.07 bits per heavy atom. The van der Waals surface area contributed by atoms with Crippen LogP contribution in [0.2, 0.25) is 0 Å². The van der Waals surface area contributed by atoms with Crippen molar-refractivity contribution in [3.63, 3.8) is 0 Å². The lowest BCUT2D eigenvalue weighted by molar-refractivity contribution is 0.175.